The van der Waals surface area contributed by atoms with Crippen molar-refractivity contribution in [3.05, 3.63) is 23.9 Å². The van der Waals surface area contributed by atoms with Crippen molar-refractivity contribution >= 4 is 6.03 Å². The predicted octanol–water partition coefficient (Wildman–Crippen LogP) is 3.79. The van der Waals surface area contributed by atoms with Crippen LogP contribution in [0.4, 0.5) is 18.0 Å². The molecule has 0 aliphatic carbocycles. The fourth-order valence-electron chi connectivity index (χ4n) is 1.99. The van der Waals surface area contributed by atoms with E-state index in [-0.39, 0.29) is 24.5 Å². The number of unbranched alkanes of at least 4 members (excludes halogenated alkanes) is 2. The van der Waals surface area contributed by atoms with E-state index in [0.717, 1.165) is 25.7 Å². The third-order valence-corrected chi connectivity index (χ3v) is 3.25. The molecular formula is C16H24F3N3O2. The molecule has 2 N–H and O–H groups in total. The smallest absolute Gasteiger partial charge is 0.422 e. The Balaban J connectivity index is 2.30. The Hall–Kier alpha value is -1.99. The maximum Gasteiger partial charge on any atom is 0.422 e. The van der Waals surface area contributed by atoms with Crippen LogP contribution in [-0.4, -0.2) is 29.8 Å². The number of carbonyl (C=O) groups excluding carboxylic acids is 1. The zero-order valence-corrected chi connectivity index (χ0v) is 13.9. The molecule has 1 unspecified atom stereocenters. The van der Waals surface area contributed by atoms with Gasteiger partial charge in [0, 0.05) is 24.8 Å². The Kier molecular flexibility index (Phi) is 8.35. The number of rotatable bonds is 9. The number of carbonyl (C=O) groups is 1. The van der Waals surface area contributed by atoms with E-state index in [9.17, 15) is 18.0 Å². The number of ether oxygens (including phenoxy) is 1. The largest absolute Gasteiger partial charge is 0.468 e. The van der Waals surface area contributed by atoms with Gasteiger partial charge in [0.2, 0.25) is 5.88 Å². The van der Waals surface area contributed by atoms with Crippen LogP contribution in [0, 0.1) is 0 Å². The van der Waals surface area contributed by atoms with Crippen LogP contribution in [0.5, 0.6) is 5.88 Å². The van der Waals surface area contributed by atoms with E-state index in [2.05, 4.69) is 27.3 Å². The summed E-state index contributed by atoms with van der Waals surface area (Å²) >= 11 is 0. The van der Waals surface area contributed by atoms with Crippen molar-refractivity contribution in [2.45, 2.75) is 58.3 Å². The van der Waals surface area contributed by atoms with Crippen molar-refractivity contribution in [3.8, 4) is 5.88 Å². The first-order chi connectivity index (χ1) is 11.3. The van der Waals surface area contributed by atoms with Gasteiger partial charge in [-0.2, -0.15) is 13.2 Å². The first-order valence-electron chi connectivity index (χ1n) is 7.99. The van der Waals surface area contributed by atoms with Gasteiger partial charge in [0.05, 0.1) is 0 Å². The summed E-state index contributed by atoms with van der Waals surface area (Å²) in [6.45, 7) is 2.93. The molecule has 1 aromatic heterocycles. The fraction of sp³-hybridized carbons (Fsp3) is 0.625. The van der Waals surface area contributed by atoms with Crippen molar-refractivity contribution in [3.63, 3.8) is 0 Å². The van der Waals surface area contributed by atoms with Crippen molar-refractivity contribution in [1.29, 1.82) is 0 Å². The highest BCUT2D eigenvalue weighted by atomic mass is 19.4. The molecule has 0 saturated carbocycles. The van der Waals surface area contributed by atoms with E-state index in [1.165, 1.54) is 12.3 Å². The summed E-state index contributed by atoms with van der Waals surface area (Å²) in [5.74, 6) is -0.106. The Bertz CT molecular complexity index is 492. The summed E-state index contributed by atoms with van der Waals surface area (Å²) in [6.07, 6.45) is 1.25. The van der Waals surface area contributed by atoms with Crippen LogP contribution in [0.15, 0.2) is 18.3 Å². The molecule has 0 aliphatic heterocycles. The molecule has 24 heavy (non-hydrogen) atoms. The third kappa shape index (κ3) is 9.22. The van der Waals surface area contributed by atoms with Gasteiger partial charge in [0.15, 0.2) is 6.61 Å². The quantitative estimate of drug-likeness (QED) is 0.668. The molecule has 1 heterocycles. The second kappa shape index (κ2) is 10.00. The van der Waals surface area contributed by atoms with Gasteiger partial charge in [-0.1, -0.05) is 32.3 Å². The molecule has 0 aliphatic rings. The minimum absolute atomic E-state index is 0.0906. The highest BCUT2D eigenvalue weighted by Crippen LogP contribution is 2.17. The van der Waals surface area contributed by atoms with Crippen molar-refractivity contribution in [2.75, 3.05) is 6.61 Å². The SMILES string of the molecule is CCCCCC(C)NC(=O)NCc1ccc(OCC(F)(F)F)nc1. The molecule has 1 rings (SSSR count). The lowest BCUT2D eigenvalue weighted by atomic mass is 10.1. The molecule has 136 valence electrons. The molecular weight excluding hydrogens is 323 g/mol. The summed E-state index contributed by atoms with van der Waals surface area (Å²) in [4.78, 5) is 15.5. The summed E-state index contributed by atoms with van der Waals surface area (Å²) in [6, 6.07) is 2.71. The molecule has 1 aromatic rings. The zero-order chi connectivity index (χ0) is 18.0. The molecule has 0 spiro atoms. The Morgan fingerprint density at radius 1 is 1.33 bits per heavy atom. The lowest BCUT2D eigenvalue weighted by Gasteiger charge is -2.14. The van der Waals surface area contributed by atoms with E-state index in [0.29, 0.717) is 5.56 Å². The molecule has 0 aromatic carbocycles. The number of pyridine rings is 1. The first-order valence-corrected chi connectivity index (χ1v) is 7.99. The van der Waals surface area contributed by atoms with E-state index in [4.69, 9.17) is 0 Å². The minimum Gasteiger partial charge on any atom is -0.468 e. The number of nitrogens with one attached hydrogen (secondary N) is 2. The maximum absolute atomic E-state index is 12.0. The van der Waals surface area contributed by atoms with Gasteiger partial charge in [-0.05, 0) is 18.9 Å². The van der Waals surface area contributed by atoms with Crippen molar-refractivity contribution in [1.82, 2.24) is 15.6 Å². The lowest BCUT2D eigenvalue weighted by Crippen LogP contribution is -2.40. The van der Waals surface area contributed by atoms with Crippen LogP contribution in [0.2, 0.25) is 0 Å². The predicted molar refractivity (Wildman–Crippen MR) is 84.8 cm³/mol. The highest BCUT2D eigenvalue weighted by molar-refractivity contribution is 5.74. The van der Waals surface area contributed by atoms with Gasteiger partial charge in [0.25, 0.3) is 0 Å². The average molecular weight is 347 g/mol. The Morgan fingerprint density at radius 2 is 2.08 bits per heavy atom. The molecule has 5 nitrogen and oxygen atoms in total. The van der Waals surface area contributed by atoms with E-state index < -0.39 is 12.8 Å². The molecule has 8 heteroatoms. The molecule has 1 atom stereocenters. The monoisotopic (exact) mass is 347 g/mol. The van der Waals surface area contributed by atoms with Crippen LogP contribution < -0.4 is 15.4 Å². The van der Waals surface area contributed by atoms with Crippen molar-refractivity contribution < 1.29 is 22.7 Å². The Labute approximate surface area is 140 Å². The van der Waals surface area contributed by atoms with Crippen LogP contribution in [0.25, 0.3) is 0 Å². The van der Waals surface area contributed by atoms with E-state index in [1.807, 2.05) is 6.92 Å². The van der Waals surface area contributed by atoms with Crippen LogP contribution in [0.3, 0.4) is 0 Å². The van der Waals surface area contributed by atoms with Crippen LogP contribution in [-0.2, 0) is 6.54 Å². The molecule has 0 fully saturated rings. The number of alkyl halides is 3. The molecule has 0 bridgehead atoms. The topological polar surface area (TPSA) is 63.2 Å². The molecule has 0 radical (unpaired) electrons. The van der Waals surface area contributed by atoms with E-state index >= 15 is 0 Å². The number of amides is 2. The third-order valence-electron chi connectivity index (χ3n) is 3.25. The van der Waals surface area contributed by atoms with Gasteiger partial charge in [0.1, 0.15) is 0 Å². The van der Waals surface area contributed by atoms with Gasteiger partial charge in [-0.25, -0.2) is 9.78 Å². The summed E-state index contributed by atoms with van der Waals surface area (Å²) < 4.78 is 40.6. The van der Waals surface area contributed by atoms with E-state index in [1.54, 1.807) is 6.07 Å². The van der Waals surface area contributed by atoms with Gasteiger partial charge in [-0.3, -0.25) is 0 Å². The van der Waals surface area contributed by atoms with Gasteiger partial charge in [-0.15, -0.1) is 0 Å². The first kappa shape index (κ1) is 20.1. The van der Waals surface area contributed by atoms with Crippen LogP contribution >= 0.6 is 0 Å². The van der Waals surface area contributed by atoms with Crippen LogP contribution in [0.1, 0.15) is 45.1 Å². The second-order valence-corrected chi connectivity index (χ2v) is 5.63. The maximum atomic E-state index is 12.0. The number of aromatic nitrogens is 1. The fourth-order valence-corrected chi connectivity index (χ4v) is 1.99. The number of hydrogen-bond acceptors (Lipinski definition) is 3. The molecule has 0 saturated heterocycles. The summed E-state index contributed by atoms with van der Waals surface area (Å²) in [5.41, 5.74) is 0.670. The average Bonchev–Trinajstić information content (AvgIpc) is 2.51. The number of urea groups is 1. The minimum atomic E-state index is -4.40. The zero-order valence-electron chi connectivity index (χ0n) is 13.9. The van der Waals surface area contributed by atoms with Gasteiger partial charge < -0.3 is 15.4 Å². The standard InChI is InChI=1S/C16H24F3N3O2/c1-3-4-5-6-12(2)22-15(23)21-10-13-7-8-14(20-9-13)24-11-16(17,18)19/h7-9,12H,3-6,10-11H2,1-2H3,(H2,21,22,23). The highest BCUT2D eigenvalue weighted by Gasteiger charge is 2.28. The van der Waals surface area contributed by atoms with Crippen molar-refractivity contribution in [2.24, 2.45) is 0 Å². The van der Waals surface area contributed by atoms with Gasteiger partial charge >= 0.3 is 12.2 Å². The Morgan fingerprint density at radius 3 is 2.67 bits per heavy atom. The number of nitrogens with zero attached hydrogens (tertiary/aromatic N) is 1. The second-order valence-electron chi connectivity index (χ2n) is 5.63. The lowest BCUT2D eigenvalue weighted by molar-refractivity contribution is -0.154. The molecule has 2 amide bonds. The summed E-state index contributed by atoms with van der Waals surface area (Å²) in [7, 11) is 0. The normalized spacial score (nSPS) is 12.5. The summed E-state index contributed by atoms with van der Waals surface area (Å²) in [5, 5.41) is 5.52. The number of hydrogen-bond donors (Lipinski definition) is 2. The number of halogens is 3.